The van der Waals surface area contributed by atoms with E-state index in [4.69, 9.17) is 4.74 Å². The molecule has 2 rings (SSSR count). The van der Waals surface area contributed by atoms with Crippen LogP contribution in [0.1, 0.15) is 41.8 Å². The lowest BCUT2D eigenvalue weighted by Gasteiger charge is -2.34. The van der Waals surface area contributed by atoms with Crippen LogP contribution in [0.15, 0.2) is 6.07 Å². The molecule has 0 radical (unpaired) electrons. The van der Waals surface area contributed by atoms with E-state index in [0.29, 0.717) is 30.3 Å². The highest BCUT2D eigenvalue weighted by Gasteiger charge is 2.42. The van der Waals surface area contributed by atoms with Crippen LogP contribution >= 0.6 is 0 Å². The third-order valence-electron chi connectivity index (χ3n) is 3.99. The van der Waals surface area contributed by atoms with Gasteiger partial charge in [-0.05, 0) is 43.9 Å². The predicted molar refractivity (Wildman–Crippen MR) is 78.5 cm³/mol. The van der Waals surface area contributed by atoms with Crippen LogP contribution in [-0.2, 0) is 20.7 Å². The molecule has 0 spiro atoms. The standard InChI is InChI=1S/C16H18FNO4/c1-9-11-4-5-16(3,22-7-6-19)15(21)14(11)13(8-12(9)17)18-10(2)20/h6,8H,4-5,7H2,1-3H3,(H,18,20). The van der Waals surface area contributed by atoms with Gasteiger partial charge < -0.3 is 14.8 Å². The number of ether oxygens (including phenoxy) is 1. The summed E-state index contributed by atoms with van der Waals surface area (Å²) < 4.78 is 19.4. The van der Waals surface area contributed by atoms with Gasteiger partial charge in [-0.1, -0.05) is 0 Å². The third-order valence-corrected chi connectivity index (χ3v) is 3.99. The van der Waals surface area contributed by atoms with Crippen molar-refractivity contribution in [3.05, 3.63) is 28.6 Å². The van der Waals surface area contributed by atoms with Crippen molar-refractivity contribution in [1.82, 2.24) is 0 Å². The summed E-state index contributed by atoms with van der Waals surface area (Å²) in [6.07, 6.45) is 1.38. The highest BCUT2D eigenvalue weighted by Crippen LogP contribution is 2.38. The molecule has 22 heavy (non-hydrogen) atoms. The van der Waals surface area contributed by atoms with Crippen molar-refractivity contribution in [2.45, 2.75) is 39.2 Å². The lowest BCUT2D eigenvalue weighted by atomic mass is 9.77. The van der Waals surface area contributed by atoms with E-state index in [9.17, 15) is 18.8 Å². The van der Waals surface area contributed by atoms with Crippen molar-refractivity contribution in [3.63, 3.8) is 0 Å². The van der Waals surface area contributed by atoms with E-state index in [1.165, 1.54) is 6.92 Å². The molecule has 1 aliphatic rings. The Morgan fingerprint density at radius 1 is 1.55 bits per heavy atom. The number of carbonyl (C=O) groups is 3. The second-order valence-corrected chi connectivity index (χ2v) is 5.60. The van der Waals surface area contributed by atoms with Gasteiger partial charge in [0.15, 0.2) is 5.78 Å². The number of rotatable bonds is 4. The first-order valence-electron chi connectivity index (χ1n) is 7.02. The summed E-state index contributed by atoms with van der Waals surface area (Å²) in [6.45, 7) is 4.32. The molecule has 1 unspecified atom stereocenters. The lowest BCUT2D eigenvalue weighted by molar-refractivity contribution is -0.116. The number of aldehydes is 1. The Bertz CT molecular complexity index is 656. The molecule has 1 N–H and O–H groups in total. The summed E-state index contributed by atoms with van der Waals surface area (Å²) in [5.41, 5.74) is 0.256. The maximum Gasteiger partial charge on any atom is 0.221 e. The maximum atomic E-state index is 14.0. The fourth-order valence-corrected chi connectivity index (χ4v) is 2.76. The van der Waals surface area contributed by atoms with Gasteiger partial charge in [-0.25, -0.2) is 4.39 Å². The Kier molecular flexibility index (Phi) is 4.42. The van der Waals surface area contributed by atoms with Gasteiger partial charge in [-0.15, -0.1) is 0 Å². The Labute approximate surface area is 127 Å². The average Bonchev–Trinajstić information content (AvgIpc) is 2.45. The number of amides is 1. The normalized spacial score (nSPS) is 20.5. The highest BCUT2D eigenvalue weighted by molar-refractivity contribution is 6.11. The van der Waals surface area contributed by atoms with Gasteiger partial charge in [0.2, 0.25) is 5.91 Å². The van der Waals surface area contributed by atoms with Crippen molar-refractivity contribution in [3.8, 4) is 0 Å². The summed E-state index contributed by atoms with van der Waals surface area (Å²) in [4.78, 5) is 34.6. The molecule has 0 fully saturated rings. The molecular weight excluding hydrogens is 289 g/mol. The highest BCUT2D eigenvalue weighted by atomic mass is 19.1. The zero-order chi connectivity index (χ0) is 16.5. The molecule has 1 atom stereocenters. The van der Waals surface area contributed by atoms with Crippen LogP contribution in [0.4, 0.5) is 10.1 Å². The molecule has 1 aromatic rings. The number of hydrogen-bond acceptors (Lipinski definition) is 4. The predicted octanol–water partition coefficient (Wildman–Crippen LogP) is 2.20. The van der Waals surface area contributed by atoms with E-state index in [0.717, 1.165) is 6.07 Å². The van der Waals surface area contributed by atoms with E-state index in [-0.39, 0.29) is 29.5 Å². The van der Waals surface area contributed by atoms with Crippen molar-refractivity contribution < 1.29 is 23.5 Å². The summed E-state index contributed by atoms with van der Waals surface area (Å²) >= 11 is 0. The molecule has 0 aliphatic heterocycles. The molecule has 0 aromatic heterocycles. The number of benzene rings is 1. The van der Waals surface area contributed by atoms with Crippen LogP contribution in [0.3, 0.4) is 0 Å². The SMILES string of the molecule is CC(=O)Nc1cc(F)c(C)c2c1C(=O)C(C)(OCC=O)CC2. The molecule has 0 saturated carbocycles. The number of halogens is 1. The van der Waals surface area contributed by atoms with Crippen LogP contribution in [0.2, 0.25) is 0 Å². The van der Waals surface area contributed by atoms with Gasteiger partial charge in [0, 0.05) is 12.5 Å². The summed E-state index contributed by atoms with van der Waals surface area (Å²) in [6, 6.07) is 1.15. The first-order valence-corrected chi connectivity index (χ1v) is 7.02. The second-order valence-electron chi connectivity index (χ2n) is 5.60. The van der Waals surface area contributed by atoms with Crippen LogP contribution in [0, 0.1) is 12.7 Å². The number of ketones is 1. The topological polar surface area (TPSA) is 72.5 Å². The zero-order valence-electron chi connectivity index (χ0n) is 12.8. The van der Waals surface area contributed by atoms with E-state index in [2.05, 4.69) is 5.32 Å². The van der Waals surface area contributed by atoms with Crippen LogP contribution in [0.5, 0.6) is 0 Å². The lowest BCUT2D eigenvalue weighted by Crippen LogP contribution is -2.43. The monoisotopic (exact) mass is 307 g/mol. The van der Waals surface area contributed by atoms with Gasteiger partial charge in [0.05, 0.1) is 5.69 Å². The van der Waals surface area contributed by atoms with Gasteiger partial charge in [-0.3, -0.25) is 9.59 Å². The first kappa shape index (κ1) is 16.3. The van der Waals surface area contributed by atoms with Crippen LogP contribution in [-0.4, -0.2) is 30.2 Å². The third kappa shape index (κ3) is 2.78. The Morgan fingerprint density at radius 2 is 2.23 bits per heavy atom. The number of hydrogen-bond donors (Lipinski definition) is 1. The van der Waals surface area contributed by atoms with Crippen molar-refractivity contribution in [2.75, 3.05) is 11.9 Å². The molecule has 0 saturated heterocycles. The van der Waals surface area contributed by atoms with E-state index in [1.54, 1.807) is 13.8 Å². The van der Waals surface area contributed by atoms with Crippen LogP contribution < -0.4 is 5.32 Å². The molecule has 118 valence electrons. The van der Waals surface area contributed by atoms with Crippen molar-refractivity contribution in [1.29, 1.82) is 0 Å². The van der Waals surface area contributed by atoms with Gasteiger partial charge in [-0.2, -0.15) is 0 Å². The molecular formula is C16H18FNO4. The fraction of sp³-hybridized carbons (Fsp3) is 0.438. The minimum absolute atomic E-state index is 0.149. The molecule has 5 nitrogen and oxygen atoms in total. The van der Waals surface area contributed by atoms with E-state index < -0.39 is 11.4 Å². The Hall–Kier alpha value is -2.08. The largest absolute Gasteiger partial charge is 0.360 e. The molecule has 6 heteroatoms. The number of carbonyl (C=O) groups excluding carboxylic acids is 3. The minimum atomic E-state index is -1.15. The smallest absolute Gasteiger partial charge is 0.221 e. The summed E-state index contributed by atoms with van der Waals surface area (Å²) in [5, 5.41) is 2.50. The fourth-order valence-electron chi connectivity index (χ4n) is 2.76. The zero-order valence-corrected chi connectivity index (χ0v) is 12.8. The van der Waals surface area contributed by atoms with E-state index in [1.807, 2.05) is 0 Å². The quantitative estimate of drug-likeness (QED) is 0.866. The van der Waals surface area contributed by atoms with E-state index >= 15 is 0 Å². The summed E-state index contributed by atoms with van der Waals surface area (Å²) in [5.74, 6) is -1.20. The summed E-state index contributed by atoms with van der Waals surface area (Å²) in [7, 11) is 0. The Balaban J connectivity index is 2.56. The van der Waals surface area contributed by atoms with Gasteiger partial charge in [0.1, 0.15) is 24.3 Å². The molecule has 0 bridgehead atoms. The molecule has 0 heterocycles. The van der Waals surface area contributed by atoms with Gasteiger partial charge >= 0.3 is 0 Å². The molecule has 1 amide bonds. The number of anilines is 1. The first-order chi connectivity index (χ1) is 10.3. The maximum absolute atomic E-state index is 14.0. The number of fused-ring (bicyclic) bond motifs is 1. The van der Waals surface area contributed by atoms with Crippen molar-refractivity contribution in [2.24, 2.45) is 0 Å². The number of Topliss-reactive ketones (excluding diaryl/α,β-unsaturated/α-hetero) is 1. The van der Waals surface area contributed by atoms with Gasteiger partial charge in [0.25, 0.3) is 0 Å². The Morgan fingerprint density at radius 3 is 2.82 bits per heavy atom. The second kappa shape index (κ2) is 5.96. The molecule has 1 aromatic carbocycles. The average molecular weight is 307 g/mol. The molecule has 1 aliphatic carbocycles. The van der Waals surface area contributed by atoms with Crippen molar-refractivity contribution >= 4 is 23.7 Å². The minimum Gasteiger partial charge on any atom is -0.360 e. The number of nitrogens with one attached hydrogen (secondary N) is 1. The van der Waals surface area contributed by atoms with Crippen LogP contribution in [0.25, 0.3) is 0 Å².